The Bertz CT molecular complexity index is 1840. The van der Waals surface area contributed by atoms with Gasteiger partial charge in [-0.15, -0.1) is 0 Å². The van der Waals surface area contributed by atoms with E-state index in [1.165, 1.54) is 20.3 Å². The molecule has 2 aromatic rings. The maximum Gasteiger partial charge on any atom is 0.305 e. The summed E-state index contributed by atoms with van der Waals surface area (Å²) in [4.78, 5) is 60.2. The maximum absolute atomic E-state index is 12.4. The molecule has 2 aliphatic heterocycles. The molecule has 4 heterocycles. The summed E-state index contributed by atoms with van der Waals surface area (Å²) in [6, 6.07) is 0. The average Bonchev–Trinajstić information content (AvgIpc) is 3.66. The van der Waals surface area contributed by atoms with Gasteiger partial charge in [0.2, 0.25) is 5.91 Å². The highest BCUT2D eigenvalue weighted by molar-refractivity contribution is 6.31. The Labute approximate surface area is 262 Å². The maximum atomic E-state index is 12.4. The van der Waals surface area contributed by atoms with Crippen LogP contribution >= 0.6 is 0 Å². The number of allylic oxidation sites excluding steroid dienone is 3. The summed E-state index contributed by atoms with van der Waals surface area (Å²) in [5, 5.41) is 4.48. The van der Waals surface area contributed by atoms with Crippen LogP contribution in [0.4, 0.5) is 0 Å². The van der Waals surface area contributed by atoms with Crippen LogP contribution in [-0.4, -0.2) is 53.7 Å². The summed E-state index contributed by atoms with van der Waals surface area (Å²) in [6.45, 7) is 13.3. The van der Waals surface area contributed by atoms with E-state index in [4.69, 9.17) is 9.47 Å². The zero-order chi connectivity index (χ0) is 33.0. The Morgan fingerprint density at radius 3 is 2.11 bits per heavy atom. The molecule has 2 aromatic heterocycles. The van der Waals surface area contributed by atoms with E-state index in [1.807, 2.05) is 58.9 Å². The fourth-order valence-electron chi connectivity index (χ4n) is 5.77. The second-order valence-corrected chi connectivity index (χ2v) is 11.1. The molecular weight excluding hydrogens is 572 g/mol. The highest BCUT2D eigenvalue weighted by atomic mass is 16.5. The molecule has 1 atom stereocenters. The van der Waals surface area contributed by atoms with Crippen molar-refractivity contribution in [1.29, 1.82) is 0 Å². The van der Waals surface area contributed by atoms with Gasteiger partial charge in [0.05, 0.1) is 25.8 Å². The summed E-state index contributed by atoms with van der Waals surface area (Å²) < 4.78 is 9.81. The largest absolute Gasteiger partial charge is 0.469 e. The number of amides is 2. The average molecular weight is 613 g/mol. The molecule has 1 saturated heterocycles. The summed E-state index contributed by atoms with van der Waals surface area (Å²) >= 11 is 0. The minimum atomic E-state index is -0.330. The summed E-state index contributed by atoms with van der Waals surface area (Å²) in [7, 11) is 2.72. The lowest BCUT2D eigenvalue weighted by molar-refractivity contribution is -0.141. The number of ether oxygens (including phenoxy) is 2. The minimum absolute atomic E-state index is 0.0593. The van der Waals surface area contributed by atoms with E-state index in [0.29, 0.717) is 24.1 Å². The van der Waals surface area contributed by atoms with Gasteiger partial charge in [-0.2, -0.15) is 0 Å². The highest BCUT2D eigenvalue weighted by Crippen LogP contribution is 2.29. The normalized spacial score (nSPS) is 19.2. The molecule has 0 unspecified atom stereocenters. The fraction of sp³-hybridized carbons (Fsp3) is 0.343. The molecule has 0 aliphatic carbocycles. The van der Waals surface area contributed by atoms with Crippen LogP contribution in [0, 0.1) is 19.8 Å². The van der Waals surface area contributed by atoms with E-state index in [2.05, 4.69) is 26.9 Å². The van der Waals surface area contributed by atoms with Crippen molar-refractivity contribution in [3.63, 3.8) is 0 Å². The molecule has 45 heavy (non-hydrogen) atoms. The van der Waals surface area contributed by atoms with Gasteiger partial charge in [-0.3, -0.25) is 19.2 Å². The molecule has 0 saturated carbocycles. The number of nitrogens with one attached hydrogen (secondary N) is 3. The van der Waals surface area contributed by atoms with Crippen LogP contribution in [0.1, 0.15) is 67.3 Å². The fourth-order valence-corrected chi connectivity index (χ4v) is 5.77. The number of nitrogens with zero attached hydrogens (tertiary/aromatic N) is 1. The lowest BCUT2D eigenvalue weighted by Crippen LogP contribution is -2.16. The molecule has 0 spiro atoms. The number of hydrogen-bond donors (Lipinski definition) is 3. The zero-order valence-corrected chi connectivity index (χ0v) is 26.9. The Hall–Kier alpha value is -4.99. The van der Waals surface area contributed by atoms with Gasteiger partial charge >= 0.3 is 11.9 Å². The van der Waals surface area contributed by atoms with Crippen molar-refractivity contribution in [2.24, 2.45) is 10.9 Å². The summed E-state index contributed by atoms with van der Waals surface area (Å²) in [5.41, 5.74) is 8.63. The molecule has 10 nitrogen and oxygen atoms in total. The van der Waals surface area contributed by atoms with Gasteiger partial charge in [-0.05, 0) is 99.1 Å². The van der Waals surface area contributed by atoms with Gasteiger partial charge in [0.25, 0.3) is 5.91 Å². The zero-order valence-electron chi connectivity index (χ0n) is 26.9. The first-order valence-corrected chi connectivity index (χ1v) is 14.9. The molecule has 10 heteroatoms. The van der Waals surface area contributed by atoms with E-state index >= 15 is 0 Å². The van der Waals surface area contributed by atoms with Gasteiger partial charge in [0.1, 0.15) is 0 Å². The van der Waals surface area contributed by atoms with Crippen LogP contribution < -0.4 is 16.0 Å². The van der Waals surface area contributed by atoms with Gasteiger partial charge in [-0.1, -0.05) is 18.7 Å². The van der Waals surface area contributed by atoms with E-state index < -0.39 is 0 Å². The summed E-state index contributed by atoms with van der Waals surface area (Å²) in [6.07, 6.45) is 10.4. The Kier molecular flexibility index (Phi) is 10.1. The smallest absolute Gasteiger partial charge is 0.305 e. The number of esters is 2. The van der Waals surface area contributed by atoms with E-state index in [1.54, 1.807) is 0 Å². The number of aromatic amines is 2. The minimum Gasteiger partial charge on any atom is -0.469 e. The van der Waals surface area contributed by atoms with Crippen LogP contribution in [-0.2, 0) is 41.5 Å². The molecule has 2 amide bonds. The molecule has 0 aromatic carbocycles. The van der Waals surface area contributed by atoms with Crippen molar-refractivity contribution in [2.75, 3.05) is 14.2 Å². The number of carbonyl (C=O) groups excluding carboxylic acids is 4. The Morgan fingerprint density at radius 2 is 1.53 bits per heavy atom. The SMILES string of the molecule is C=CC1=C(C)C(/C=c2/[nH]/c(=C\c3[nH]c(/C=C4\NC(=O)[C@H](C)\C4=C/C)c(C)c3CCC(=O)OC)c(CCC(=O)OC)c2C)=NC1=O. The number of carbonyl (C=O) groups is 4. The molecule has 3 N–H and O–H groups in total. The highest BCUT2D eigenvalue weighted by Gasteiger charge is 2.29. The molecule has 0 radical (unpaired) electrons. The number of aliphatic imine (C=N–C) groups is 1. The first-order valence-electron chi connectivity index (χ1n) is 14.9. The predicted molar refractivity (Wildman–Crippen MR) is 173 cm³/mol. The number of H-pyrrole nitrogens is 2. The van der Waals surface area contributed by atoms with Crippen LogP contribution in [0.15, 0.2) is 46.1 Å². The van der Waals surface area contributed by atoms with Crippen LogP contribution in [0.25, 0.3) is 18.2 Å². The van der Waals surface area contributed by atoms with Gasteiger partial charge < -0.3 is 24.8 Å². The number of hydrogen-bond acceptors (Lipinski definition) is 6. The number of methoxy groups -OCH3 is 2. The van der Waals surface area contributed by atoms with Gasteiger partial charge in [-0.25, -0.2) is 4.99 Å². The first-order chi connectivity index (χ1) is 21.4. The third kappa shape index (κ3) is 6.74. The standard InChI is InChI=1S/C35H40N4O6/c1-9-22-21(6)34(42)39-29(22)16-27-20(5)25(12-14-33(41)45-8)31(37-27)17-30-24(11-13-32(40)44-7)19(4)26(36-30)15-28-18(3)23(10-2)35(43)38-28/h9-10,15-17,21,36-37H,2,11-14H2,1,3-8H3,(H,39,42)/b22-9+,26-15+,29-16-,30-17-/t21-/m1/s1. The van der Waals surface area contributed by atoms with E-state index in [0.717, 1.165) is 61.2 Å². The van der Waals surface area contributed by atoms with Crippen molar-refractivity contribution in [3.8, 4) is 0 Å². The van der Waals surface area contributed by atoms with Crippen molar-refractivity contribution in [2.45, 2.75) is 60.3 Å². The van der Waals surface area contributed by atoms with Crippen LogP contribution in [0.3, 0.4) is 0 Å². The Balaban J connectivity index is 1.91. The monoisotopic (exact) mass is 612 g/mol. The number of aromatic nitrogens is 2. The second kappa shape index (κ2) is 13.8. The lowest BCUT2D eigenvalue weighted by atomic mass is 10.00. The Morgan fingerprint density at radius 1 is 0.889 bits per heavy atom. The molecule has 2 aliphatic rings. The second-order valence-electron chi connectivity index (χ2n) is 11.1. The van der Waals surface area contributed by atoms with E-state index in [-0.39, 0.29) is 42.5 Å². The predicted octanol–water partition coefficient (Wildman–Crippen LogP) is 3.32. The van der Waals surface area contributed by atoms with Crippen LogP contribution in [0.5, 0.6) is 0 Å². The molecule has 4 rings (SSSR count). The first kappa shape index (κ1) is 32.9. The van der Waals surface area contributed by atoms with Crippen molar-refractivity contribution >= 4 is 47.7 Å². The van der Waals surface area contributed by atoms with Crippen molar-refractivity contribution in [1.82, 2.24) is 15.3 Å². The third-order valence-electron chi connectivity index (χ3n) is 8.56. The molecular formula is C35H40N4O6. The topological polar surface area (TPSA) is 143 Å². The lowest BCUT2D eigenvalue weighted by Gasteiger charge is -2.04. The molecule has 236 valence electrons. The van der Waals surface area contributed by atoms with E-state index in [9.17, 15) is 19.2 Å². The molecule has 0 bridgehead atoms. The van der Waals surface area contributed by atoms with Gasteiger partial charge in [0.15, 0.2) is 0 Å². The quantitative estimate of drug-likeness (QED) is 0.352. The summed E-state index contributed by atoms with van der Waals surface area (Å²) in [5.74, 6) is -1.30. The van der Waals surface area contributed by atoms with Crippen LogP contribution in [0.2, 0.25) is 0 Å². The number of rotatable bonds is 10. The van der Waals surface area contributed by atoms with Crippen molar-refractivity contribution < 1.29 is 28.7 Å². The molecule has 1 fully saturated rings. The third-order valence-corrected chi connectivity index (χ3v) is 8.56. The van der Waals surface area contributed by atoms with Crippen molar-refractivity contribution in [3.05, 3.63) is 85.5 Å². The van der Waals surface area contributed by atoms with Gasteiger partial charge in [0, 0.05) is 46.2 Å².